The third-order valence-corrected chi connectivity index (χ3v) is 8.74. The molecule has 0 amide bonds. The third kappa shape index (κ3) is 16.3. The molecule has 0 saturated carbocycles. The number of nitrogens with two attached hydrogens (primary N) is 1. The van der Waals surface area contributed by atoms with Gasteiger partial charge in [0.15, 0.2) is 20.3 Å². The fourth-order valence-corrected chi connectivity index (χ4v) is 4.57. The summed E-state index contributed by atoms with van der Waals surface area (Å²) < 4.78 is 100. The van der Waals surface area contributed by atoms with Crippen molar-refractivity contribution in [2.75, 3.05) is 38.9 Å². The Morgan fingerprint density at radius 3 is 1.42 bits per heavy atom. The Bertz CT molecular complexity index is 2040. The van der Waals surface area contributed by atoms with Gasteiger partial charge in [-0.2, -0.15) is 85.0 Å². The van der Waals surface area contributed by atoms with Crippen molar-refractivity contribution < 1.29 is 125 Å². The van der Waals surface area contributed by atoms with Crippen molar-refractivity contribution in [3.63, 3.8) is 0 Å². The molecule has 0 bridgehead atoms. The first-order valence-electron chi connectivity index (χ1n) is 14.3. The number of aryl methyl sites for hydroxylation is 2. The Morgan fingerprint density at radius 1 is 0.727 bits per heavy atom. The maximum absolute atomic E-state index is 12.9. The van der Waals surface area contributed by atoms with Gasteiger partial charge in [-0.05, 0) is 0 Å². The number of alkyl halides is 4. The van der Waals surface area contributed by atoms with Crippen LogP contribution in [-0.2, 0) is 94.3 Å². The van der Waals surface area contributed by atoms with Gasteiger partial charge in [0.25, 0.3) is 9.05 Å². The summed E-state index contributed by atoms with van der Waals surface area (Å²) in [4.78, 5) is 16.3. The van der Waals surface area contributed by atoms with Crippen molar-refractivity contribution in [2.45, 2.75) is 37.6 Å². The topological polar surface area (TPSA) is 218 Å². The normalized spacial score (nSPS) is 12.9. The number of aliphatic hydroxyl groups excluding tert-OH is 2. The molecule has 298 valence electrons. The molecule has 0 spiro atoms. The number of nitrogens with zero attached hydrogens (tertiary/aromatic N) is 4. The van der Waals surface area contributed by atoms with E-state index >= 15 is 0 Å². The molecule has 0 fully saturated rings. The van der Waals surface area contributed by atoms with Gasteiger partial charge in [-0.3, -0.25) is 0 Å². The average molecular weight is 1010 g/mol. The number of nitrogen functional groups attached to an aromatic ring is 1. The minimum Gasteiger partial charge on any atom is -0.481 e. The fraction of sp³-hybridized carbons (Fsp3) is 0.333. The SMILES string of the molecule is COc1cc(OC)nc(C(O)c2cc(C)c[c-]c2N)n1.COc1cc(OC)nc(C(O)c2cc(C)c[c-]c2NS(=O)(=S)C(F)F)n1.O=S(=O)(Cl)C(F)F.[Y].[Y]. The van der Waals surface area contributed by atoms with Crippen LogP contribution in [0, 0.1) is 26.0 Å². The molecule has 4 rings (SSSR count). The predicted octanol–water partition coefficient (Wildman–Crippen LogP) is 4.02. The fourth-order valence-electron chi connectivity index (χ4n) is 3.77. The second-order valence-electron chi connectivity index (χ2n) is 10.1. The third-order valence-electron chi connectivity index (χ3n) is 6.26. The number of nitrogens with one attached hydrogen (secondary N) is 1. The van der Waals surface area contributed by atoms with Crippen LogP contribution in [0.5, 0.6) is 23.5 Å². The van der Waals surface area contributed by atoms with E-state index in [2.05, 4.69) is 58.7 Å². The number of hydrogen-bond acceptors (Lipinski definition) is 15. The summed E-state index contributed by atoms with van der Waals surface area (Å²) in [5.41, 5.74) is 8.25. The van der Waals surface area contributed by atoms with Gasteiger partial charge >= 0.3 is 11.5 Å². The molecule has 55 heavy (non-hydrogen) atoms. The molecule has 2 radical (unpaired) electrons. The summed E-state index contributed by atoms with van der Waals surface area (Å²) in [6, 6.07) is 15.0. The molecule has 2 heterocycles. The van der Waals surface area contributed by atoms with Gasteiger partial charge in [-0.15, -0.1) is 0 Å². The van der Waals surface area contributed by atoms with Crippen molar-refractivity contribution in [1.29, 1.82) is 0 Å². The zero-order chi connectivity index (χ0) is 40.3. The van der Waals surface area contributed by atoms with Gasteiger partial charge < -0.3 is 39.6 Å². The van der Waals surface area contributed by atoms with E-state index < -0.39 is 41.5 Å². The van der Waals surface area contributed by atoms with Gasteiger partial charge in [0.1, 0.15) is 0 Å². The second kappa shape index (κ2) is 23.9. The Morgan fingerprint density at radius 2 is 1.07 bits per heavy atom. The minimum atomic E-state index is -4.60. The molecule has 0 saturated heterocycles. The van der Waals surface area contributed by atoms with E-state index in [9.17, 15) is 40.4 Å². The van der Waals surface area contributed by atoms with Crippen molar-refractivity contribution in [3.05, 3.63) is 82.4 Å². The van der Waals surface area contributed by atoms with Crippen LogP contribution in [0.15, 0.2) is 36.4 Å². The van der Waals surface area contributed by atoms with E-state index in [4.69, 9.17) is 24.7 Å². The summed E-state index contributed by atoms with van der Waals surface area (Å²) >= 11 is 4.42. The molecule has 5 N–H and O–H groups in total. The molecule has 0 aliphatic carbocycles. The Labute approximate surface area is 374 Å². The largest absolute Gasteiger partial charge is 0.481 e. The van der Waals surface area contributed by atoms with Gasteiger partial charge in [0.2, 0.25) is 23.5 Å². The Kier molecular flexibility index (Phi) is 23.0. The molecule has 0 aliphatic heterocycles. The van der Waals surface area contributed by atoms with Gasteiger partial charge in [-0.25, -0.2) is 12.6 Å². The van der Waals surface area contributed by atoms with Crippen molar-refractivity contribution in [2.24, 2.45) is 0 Å². The molecular weight excluding hydrogens is 974 g/mol. The monoisotopic (exact) mass is 1010 g/mol. The molecule has 15 nitrogen and oxygen atoms in total. The van der Waals surface area contributed by atoms with E-state index in [1.165, 1.54) is 52.7 Å². The van der Waals surface area contributed by atoms with E-state index in [0.29, 0.717) is 28.6 Å². The molecule has 4 aromatic rings. The summed E-state index contributed by atoms with van der Waals surface area (Å²) in [6.45, 7) is 3.60. The van der Waals surface area contributed by atoms with E-state index in [0.717, 1.165) is 5.56 Å². The summed E-state index contributed by atoms with van der Waals surface area (Å²) in [5.74, 6) is -5.79. The molecule has 2 aromatic carbocycles. The van der Waals surface area contributed by atoms with Gasteiger partial charge in [-0.1, -0.05) is 36.3 Å². The zero-order valence-corrected chi connectivity index (χ0v) is 38.5. The number of rotatable bonds is 12. The molecule has 3 unspecified atom stereocenters. The molecule has 3 atom stereocenters. The van der Waals surface area contributed by atoms with Crippen LogP contribution in [0.1, 0.15) is 46.1 Å². The molecule has 25 heteroatoms. The predicted molar refractivity (Wildman–Crippen MR) is 189 cm³/mol. The number of ether oxygens (including phenoxy) is 4. The van der Waals surface area contributed by atoms with Crippen molar-refractivity contribution >= 4 is 51.0 Å². The Balaban J connectivity index is 0.000000894. The number of aromatic nitrogens is 4. The van der Waals surface area contributed by atoms with Crippen LogP contribution in [0.2, 0.25) is 0 Å². The van der Waals surface area contributed by atoms with Crippen LogP contribution >= 0.6 is 10.7 Å². The van der Waals surface area contributed by atoms with Crippen molar-refractivity contribution in [1.82, 2.24) is 19.9 Å². The minimum absolute atomic E-state index is 0. The van der Waals surface area contributed by atoms with Crippen molar-refractivity contribution in [3.8, 4) is 23.5 Å². The quantitative estimate of drug-likeness (QED) is 0.0682. The number of aliphatic hydroxyl groups is 2. The van der Waals surface area contributed by atoms with Crippen LogP contribution in [0.25, 0.3) is 0 Å². The maximum Gasteiger partial charge on any atom is 0.350 e. The molecule has 0 aliphatic rings. The van der Waals surface area contributed by atoms with Gasteiger partial charge in [0, 0.05) is 87.3 Å². The van der Waals surface area contributed by atoms with E-state index in [-0.39, 0.29) is 100 Å². The van der Waals surface area contributed by atoms with E-state index in [1.54, 1.807) is 19.1 Å². The zero-order valence-electron chi connectivity index (χ0n) is 29.7. The average Bonchev–Trinajstić information content (AvgIpc) is 3.12. The van der Waals surface area contributed by atoms with Crippen LogP contribution in [-0.4, -0.2) is 82.7 Å². The number of benzene rings is 2. The van der Waals surface area contributed by atoms with Crippen LogP contribution in [0.3, 0.4) is 0 Å². The number of hydrogen-bond donors (Lipinski definition) is 4. The standard InChI is InChI=1S/C15H16F2N3O4S2.C14H16N3O3.CHClF2O2S.2Y/c1-8-4-5-10(20-26(22,25)15(16)17)9(6-8)13(21)14-18-11(23-2)7-12(19-14)24-3;1-8-4-5-10(15)9(6-8)13(18)14-16-11(19-2)7-12(17-14)20-3;2-7(5,6)1(3)4;;/h4,6-7,13,15,20-21H,1-3H3;4,6-7,13,18H,15H2,1-3H3;1H;;/q2*-1;;;. The number of anilines is 2. The summed E-state index contributed by atoms with van der Waals surface area (Å²) in [6.07, 6.45) is -2.53. The second-order valence-corrected chi connectivity index (χ2v) is 15.9. The summed E-state index contributed by atoms with van der Waals surface area (Å²) in [5, 5.41) is 21.1. The van der Waals surface area contributed by atoms with E-state index in [1.807, 2.05) is 6.92 Å². The van der Waals surface area contributed by atoms with Crippen LogP contribution < -0.4 is 29.4 Å². The molecular formula is C30H33ClF4N6O9S3Y2-2. The van der Waals surface area contributed by atoms with Crippen LogP contribution in [0.4, 0.5) is 28.9 Å². The first kappa shape index (κ1) is 52.9. The Hall–Kier alpha value is -2.14. The smallest absolute Gasteiger partial charge is 0.350 e. The molecule has 2 aromatic heterocycles. The maximum atomic E-state index is 12.9. The number of halogens is 5. The number of methoxy groups -OCH3 is 4. The van der Waals surface area contributed by atoms with Gasteiger partial charge in [0.05, 0.1) is 52.8 Å². The first-order chi connectivity index (χ1) is 24.7. The summed E-state index contributed by atoms with van der Waals surface area (Å²) in [7, 11) is 1.09. The first-order valence-corrected chi connectivity index (χ1v) is 19.2.